The minimum Gasteiger partial charge on any atom is -0.483 e. The van der Waals surface area contributed by atoms with Gasteiger partial charge >= 0.3 is 11.9 Å². The zero-order valence-corrected chi connectivity index (χ0v) is 15.7. The molecule has 0 bridgehead atoms. The lowest BCUT2D eigenvalue weighted by molar-refractivity contribution is -0.118. The number of nitrogens with one attached hydrogen (secondary N) is 1. The SMILES string of the molecule is C=CCc1ccccc1OCC(=O)Nc1cc(C(=O)OC)cc(C(=O)OC)c1. The Hall–Kier alpha value is -3.61. The normalized spacial score (nSPS) is 9.93. The average Bonchev–Trinajstić information content (AvgIpc) is 2.71. The van der Waals surface area contributed by atoms with Gasteiger partial charge in [0.15, 0.2) is 6.61 Å². The summed E-state index contributed by atoms with van der Waals surface area (Å²) < 4.78 is 14.9. The van der Waals surface area contributed by atoms with E-state index in [1.807, 2.05) is 18.2 Å². The molecule has 7 nitrogen and oxygen atoms in total. The van der Waals surface area contributed by atoms with Crippen LogP contribution in [-0.2, 0) is 20.7 Å². The standard InChI is InChI=1S/C21H21NO6/c1-4-7-14-8-5-6-9-18(14)28-13-19(23)22-17-11-15(20(24)26-2)10-16(12-17)21(25)27-3/h4-6,8-12H,1,7,13H2,2-3H3,(H,22,23). The van der Waals surface area contributed by atoms with E-state index < -0.39 is 17.8 Å². The van der Waals surface area contributed by atoms with Crippen molar-refractivity contribution in [1.82, 2.24) is 0 Å². The third kappa shape index (κ3) is 5.44. The van der Waals surface area contributed by atoms with E-state index in [0.717, 1.165) is 5.56 Å². The summed E-state index contributed by atoms with van der Waals surface area (Å²) in [6, 6.07) is 11.5. The molecule has 0 saturated heterocycles. The number of carbonyl (C=O) groups is 3. The Labute approximate surface area is 162 Å². The maximum Gasteiger partial charge on any atom is 0.337 e. The lowest BCUT2D eigenvalue weighted by atomic mass is 10.1. The van der Waals surface area contributed by atoms with Gasteiger partial charge in [0.2, 0.25) is 0 Å². The number of allylic oxidation sites excluding steroid dienone is 1. The van der Waals surface area contributed by atoms with E-state index >= 15 is 0 Å². The molecule has 0 heterocycles. The largest absolute Gasteiger partial charge is 0.483 e. The van der Waals surface area contributed by atoms with Crippen molar-refractivity contribution in [3.05, 3.63) is 71.8 Å². The van der Waals surface area contributed by atoms with Crippen LogP contribution in [-0.4, -0.2) is 38.7 Å². The van der Waals surface area contributed by atoms with Crippen LogP contribution in [0.5, 0.6) is 5.75 Å². The molecule has 2 rings (SSSR count). The number of para-hydroxylation sites is 1. The molecule has 0 unspecified atom stereocenters. The number of anilines is 1. The molecule has 0 atom stereocenters. The number of rotatable bonds is 8. The Morgan fingerprint density at radius 2 is 1.61 bits per heavy atom. The maximum atomic E-state index is 12.3. The average molecular weight is 383 g/mol. The van der Waals surface area contributed by atoms with E-state index in [1.54, 1.807) is 12.1 Å². The molecule has 2 aromatic carbocycles. The first-order chi connectivity index (χ1) is 13.5. The fourth-order valence-electron chi connectivity index (χ4n) is 2.48. The second-order valence-corrected chi connectivity index (χ2v) is 5.72. The maximum absolute atomic E-state index is 12.3. The van der Waals surface area contributed by atoms with Gasteiger partial charge in [-0.1, -0.05) is 24.3 Å². The van der Waals surface area contributed by atoms with E-state index in [4.69, 9.17) is 4.74 Å². The highest BCUT2D eigenvalue weighted by Crippen LogP contribution is 2.20. The smallest absolute Gasteiger partial charge is 0.337 e. The molecule has 0 fully saturated rings. The van der Waals surface area contributed by atoms with Gasteiger partial charge < -0.3 is 19.5 Å². The second kappa shape index (κ2) is 9.91. The van der Waals surface area contributed by atoms with Crippen LogP contribution in [0.3, 0.4) is 0 Å². The summed E-state index contributed by atoms with van der Waals surface area (Å²) in [4.78, 5) is 35.9. The predicted octanol–water partition coefficient (Wildman–Crippen LogP) is 3.01. The van der Waals surface area contributed by atoms with Gasteiger partial charge in [0.25, 0.3) is 5.91 Å². The predicted molar refractivity (Wildman–Crippen MR) is 104 cm³/mol. The van der Waals surface area contributed by atoms with Crippen LogP contribution in [0.1, 0.15) is 26.3 Å². The van der Waals surface area contributed by atoms with Crippen LogP contribution in [0.15, 0.2) is 55.1 Å². The van der Waals surface area contributed by atoms with Crippen LogP contribution >= 0.6 is 0 Å². The number of hydrogen-bond donors (Lipinski definition) is 1. The molecular formula is C21H21NO6. The summed E-state index contributed by atoms with van der Waals surface area (Å²) in [6.45, 7) is 3.45. The molecule has 28 heavy (non-hydrogen) atoms. The molecule has 1 amide bonds. The summed E-state index contributed by atoms with van der Waals surface area (Å²) in [5, 5.41) is 2.60. The zero-order chi connectivity index (χ0) is 20.5. The molecule has 7 heteroatoms. The van der Waals surface area contributed by atoms with E-state index in [1.165, 1.54) is 32.4 Å². The zero-order valence-electron chi connectivity index (χ0n) is 15.7. The fourth-order valence-corrected chi connectivity index (χ4v) is 2.48. The van der Waals surface area contributed by atoms with Crippen molar-refractivity contribution in [2.75, 3.05) is 26.1 Å². The molecule has 0 spiro atoms. The van der Waals surface area contributed by atoms with E-state index in [2.05, 4.69) is 21.4 Å². The summed E-state index contributed by atoms with van der Waals surface area (Å²) in [6.07, 6.45) is 2.36. The highest BCUT2D eigenvalue weighted by atomic mass is 16.5. The van der Waals surface area contributed by atoms with Gasteiger partial charge in [0.1, 0.15) is 5.75 Å². The molecule has 0 aliphatic heterocycles. The Bertz CT molecular complexity index is 856. The third-order valence-corrected chi connectivity index (χ3v) is 3.75. The number of ether oxygens (including phenoxy) is 3. The van der Waals surface area contributed by atoms with Crippen molar-refractivity contribution in [2.45, 2.75) is 6.42 Å². The molecule has 146 valence electrons. The third-order valence-electron chi connectivity index (χ3n) is 3.75. The van der Waals surface area contributed by atoms with Crippen LogP contribution < -0.4 is 10.1 Å². The van der Waals surface area contributed by atoms with Crippen molar-refractivity contribution in [1.29, 1.82) is 0 Å². The Morgan fingerprint density at radius 3 is 2.18 bits per heavy atom. The molecule has 2 aromatic rings. The van der Waals surface area contributed by atoms with Gasteiger partial charge in [0, 0.05) is 5.69 Å². The van der Waals surface area contributed by atoms with E-state index in [-0.39, 0.29) is 23.4 Å². The number of amides is 1. The number of hydrogen-bond acceptors (Lipinski definition) is 6. The first-order valence-corrected chi connectivity index (χ1v) is 8.41. The van der Waals surface area contributed by atoms with Crippen molar-refractivity contribution < 1.29 is 28.6 Å². The number of carbonyl (C=O) groups excluding carboxylic acids is 3. The van der Waals surface area contributed by atoms with Gasteiger partial charge in [-0.2, -0.15) is 0 Å². The fraction of sp³-hybridized carbons (Fsp3) is 0.190. The molecule has 0 saturated carbocycles. The summed E-state index contributed by atoms with van der Waals surface area (Å²) in [7, 11) is 2.44. The summed E-state index contributed by atoms with van der Waals surface area (Å²) in [5.74, 6) is -1.16. The van der Waals surface area contributed by atoms with Crippen molar-refractivity contribution >= 4 is 23.5 Å². The summed E-state index contributed by atoms with van der Waals surface area (Å²) >= 11 is 0. The number of esters is 2. The van der Waals surface area contributed by atoms with Gasteiger partial charge in [-0.25, -0.2) is 9.59 Å². The molecule has 0 aliphatic carbocycles. The first-order valence-electron chi connectivity index (χ1n) is 8.41. The van der Waals surface area contributed by atoms with Crippen LogP contribution in [0.4, 0.5) is 5.69 Å². The van der Waals surface area contributed by atoms with Crippen molar-refractivity contribution in [3.8, 4) is 5.75 Å². The highest BCUT2D eigenvalue weighted by Gasteiger charge is 2.15. The topological polar surface area (TPSA) is 90.9 Å². The van der Waals surface area contributed by atoms with Crippen molar-refractivity contribution in [2.24, 2.45) is 0 Å². The Balaban J connectivity index is 2.13. The second-order valence-electron chi connectivity index (χ2n) is 5.72. The lowest BCUT2D eigenvalue weighted by Crippen LogP contribution is -2.21. The number of benzene rings is 2. The van der Waals surface area contributed by atoms with Crippen LogP contribution in [0.2, 0.25) is 0 Å². The first kappa shape index (κ1) is 20.7. The molecular weight excluding hydrogens is 362 g/mol. The molecule has 0 radical (unpaired) electrons. The van der Waals surface area contributed by atoms with Gasteiger partial charge in [-0.15, -0.1) is 6.58 Å². The molecule has 1 N–H and O–H groups in total. The van der Waals surface area contributed by atoms with Gasteiger partial charge in [0.05, 0.1) is 25.3 Å². The number of methoxy groups -OCH3 is 2. The quantitative estimate of drug-likeness (QED) is 0.557. The van der Waals surface area contributed by atoms with Gasteiger partial charge in [-0.05, 0) is 36.2 Å². The highest BCUT2D eigenvalue weighted by molar-refractivity contribution is 5.99. The van der Waals surface area contributed by atoms with Crippen LogP contribution in [0.25, 0.3) is 0 Å². The van der Waals surface area contributed by atoms with E-state index in [9.17, 15) is 14.4 Å². The molecule has 0 aliphatic rings. The summed E-state index contributed by atoms with van der Waals surface area (Å²) in [5.41, 5.74) is 1.37. The lowest BCUT2D eigenvalue weighted by Gasteiger charge is -2.12. The Kier molecular flexibility index (Phi) is 7.33. The van der Waals surface area contributed by atoms with E-state index in [0.29, 0.717) is 12.2 Å². The van der Waals surface area contributed by atoms with Gasteiger partial charge in [-0.3, -0.25) is 4.79 Å². The minimum atomic E-state index is -0.643. The van der Waals surface area contributed by atoms with Crippen molar-refractivity contribution in [3.63, 3.8) is 0 Å². The Morgan fingerprint density at radius 1 is 1.00 bits per heavy atom. The van der Waals surface area contributed by atoms with Crippen LogP contribution in [0, 0.1) is 0 Å². The molecule has 0 aromatic heterocycles. The minimum absolute atomic E-state index is 0.109. The monoisotopic (exact) mass is 383 g/mol.